The van der Waals surface area contributed by atoms with Crippen molar-refractivity contribution in [3.63, 3.8) is 0 Å². The predicted molar refractivity (Wildman–Crippen MR) is 113 cm³/mol. The minimum absolute atomic E-state index is 0.0399. The van der Waals surface area contributed by atoms with Crippen molar-refractivity contribution in [1.29, 1.82) is 0 Å². The molecular formula is C23H36N2O4. The number of methoxy groups -OCH3 is 1. The third kappa shape index (κ3) is 5.04. The molecule has 29 heavy (non-hydrogen) atoms. The fraction of sp³-hybridized carbons (Fsp3) is 0.696. The highest BCUT2D eigenvalue weighted by Crippen LogP contribution is 2.49. The van der Waals surface area contributed by atoms with E-state index in [1.807, 2.05) is 12.1 Å². The Morgan fingerprint density at radius 2 is 2.14 bits per heavy atom. The minimum atomic E-state index is -0.678. The van der Waals surface area contributed by atoms with E-state index in [-0.39, 0.29) is 23.6 Å². The fourth-order valence-corrected chi connectivity index (χ4v) is 5.08. The van der Waals surface area contributed by atoms with E-state index in [1.165, 1.54) is 7.11 Å². The molecule has 0 aromatic heterocycles. The Balaban J connectivity index is 1.81. The number of carbonyl (C=O) groups excluding carboxylic acids is 1. The second-order valence-corrected chi connectivity index (χ2v) is 8.61. The Morgan fingerprint density at radius 3 is 2.90 bits per heavy atom. The maximum absolute atomic E-state index is 12.6. The monoisotopic (exact) mass is 404 g/mol. The molecule has 2 aliphatic rings. The standard InChI is InChI=1S/C23H36N2O4/c1-3-4-7-13-24-21(27)16-25-14-12-23(28)11-6-5-8-18(23)22(25)17-9-10-19(26)20(15-17)29-2/h9-10,15,18,22,26,28H,3-8,11-14,16H2,1-2H3,(H,24,27)/t18-,22-,23+/m0/s1. The fourth-order valence-electron chi connectivity index (χ4n) is 5.08. The van der Waals surface area contributed by atoms with Gasteiger partial charge in [0.25, 0.3) is 0 Å². The number of phenols is 1. The van der Waals surface area contributed by atoms with Gasteiger partial charge in [0.05, 0.1) is 19.3 Å². The molecule has 1 heterocycles. The molecule has 1 amide bonds. The molecule has 3 N–H and O–H groups in total. The first kappa shape index (κ1) is 21.9. The summed E-state index contributed by atoms with van der Waals surface area (Å²) in [5.41, 5.74) is 0.311. The first-order valence-corrected chi connectivity index (χ1v) is 11.1. The van der Waals surface area contributed by atoms with Crippen LogP contribution in [0.4, 0.5) is 0 Å². The summed E-state index contributed by atoms with van der Waals surface area (Å²) in [4.78, 5) is 14.8. The topological polar surface area (TPSA) is 82.0 Å². The lowest BCUT2D eigenvalue weighted by atomic mass is 9.66. The highest BCUT2D eigenvalue weighted by Gasteiger charge is 2.49. The molecule has 3 atom stereocenters. The van der Waals surface area contributed by atoms with Gasteiger partial charge in [0.2, 0.25) is 5.91 Å². The number of piperidine rings is 1. The van der Waals surface area contributed by atoms with Gasteiger partial charge in [-0.1, -0.05) is 38.7 Å². The van der Waals surface area contributed by atoms with E-state index in [1.54, 1.807) is 6.07 Å². The van der Waals surface area contributed by atoms with Crippen molar-refractivity contribution in [1.82, 2.24) is 10.2 Å². The van der Waals surface area contributed by atoms with E-state index in [9.17, 15) is 15.0 Å². The quantitative estimate of drug-likeness (QED) is 0.579. The van der Waals surface area contributed by atoms with Gasteiger partial charge in [0.1, 0.15) is 0 Å². The number of benzene rings is 1. The van der Waals surface area contributed by atoms with Crippen molar-refractivity contribution in [3.05, 3.63) is 23.8 Å². The van der Waals surface area contributed by atoms with Crippen LogP contribution in [0.15, 0.2) is 18.2 Å². The third-order valence-corrected chi connectivity index (χ3v) is 6.67. The van der Waals surface area contributed by atoms with Crippen LogP contribution in [0.25, 0.3) is 0 Å². The summed E-state index contributed by atoms with van der Waals surface area (Å²) in [6, 6.07) is 5.33. The lowest BCUT2D eigenvalue weighted by Gasteiger charge is -2.52. The Kier molecular flexibility index (Phi) is 7.41. The van der Waals surface area contributed by atoms with Crippen LogP contribution in [0.2, 0.25) is 0 Å². The molecule has 1 aromatic rings. The Hall–Kier alpha value is -1.79. The van der Waals surface area contributed by atoms with Crippen LogP contribution in [-0.2, 0) is 4.79 Å². The number of fused-ring (bicyclic) bond motifs is 1. The molecule has 162 valence electrons. The molecule has 6 heteroatoms. The van der Waals surface area contributed by atoms with Crippen molar-refractivity contribution in [2.45, 2.75) is 69.9 Å². The average molecular weight is 405 g/mol. The number of amides is 1. The number of likely N-dealkylation sites (tertiary alicyclic amines) is 1. The zero-order chi connectivity index (χ0) is 20.9. The van der Waals surface area contributed by atoms with E-state index in [0.717, 1.165) is 50.5 Å². The van der Waals surface area contributed by atoms with E-state index in [4.69, 9.17) is 4.74 Å². The van der Waals surface area contributed by atoms with Crippen LogP contribution >= 0.6 is 0 Å². The van der Waals surface area contributed by atoms with Crippen LogP contribution in [-0.4, -0.2) is 53.4 Å². The molecule has 0 spiro atoms. The summed E-state index contributed by atoms with van der Waals surface area (Å²) in [6.45, 7) is 3.87. The van der Waals surface area contributed by atoms with Gasteiger partial charge in [-0.15, -0.1) is 0 Å². The van der Waals surface area contributed by atoms with Gasteiger partial charge >= 0.3 is 0 Å². The Bertz CT molecular complexity index is 695. The number of nitrogens with one attached hydrogen (secondary N) is 1. The van der Waals surface area contributed by atoms with Gasteiger partial charge in [-0.05, 0) is 43.4 Å². The van der Waals surface area contributed by atoms with Gasteiger partial charge in [0.15, 0.2) is 11.5 Å². The summed E-state index contributed by atoms with van der Waals surface area (Å²) >= 11 is 0. The van der Waals surface area contributed by atoms with Crippen LogP contribution in [0.1, 0.15) is 69.9 Å². The maximum Gasteiger partial charge on any atom is 0.234 e. The number of carbonyl (C=O) groups is 1. The van der Waals surface area contributed by atoms with Crippen molar-refractivity contribution < 1.29 is 19.7 Å². The second kappa shape index (κ2) is 9.81. The Labute approximate surface area is 174 Å². The summed E-state index contributed by atoms with van der Waals surface area (Å²) in [5.74, 6) is 0.646. The first-order valence-electron chi connectivity index (χ1n) is 11.1. The smallest absolute Gasteiger partial charge is 0.234 e. The lowest BCUT2D eigenvalue weighted by molar-refractivity contribution is -0.137. The number of unbranched alkanes of at least 4 members (excludes halogenated alkanes) is 2. The zero-order valence-corrected chi connectivity index (χ0v) is 17.8. The largest absolute Gasteiger partial charge is 0.504 e. The highest BCUT2D eigenvalue weighted by atomic mass is 16.5. The summed E-state index contributed by atoms with van der Waals surface area (Å²) in [7, 11) is 1.54. The number of rotatable bonds is 8. The zero-order valence-electron chi connectivity index (χ0n) is 17.8. The molecule has 6 nitrogen and oxygen atoms in total. The number of aromatic hydroxyl groups is 1. The first-order chi connectivity index (χ1) is 14.0. The van der Waals surface area contributed by atoms with Crippen molar-refractivity contribution in [2.75, 3.05) is 26.7 Å². The van der Waals surface area contributed by atoms with Gasteiger partial charge in [0, 0.05) is 25.0 Å². The summed E-state index contributed by atoms with van der Waals surface area (Å²) < 4.78 is 5.32. The number of phenolic OH excluding ortho intramolecular Hbond substituents is 1. The van der Waals surface area contributed by atoms with Crippen LogP contribution < -0.4 is 10.1 Å². The van der Waals surface area contributed by atoms with Crippen LogP contribution in [0, 0.1) is 5.92 Å². The van der Waals surface area contributed by atoms with Crippen molar-refractivity contribution in [3.8, 4) is 11.5 Å². The lowest BCUT2D eigenvalue weighted by Crippen LogP contribution is -2.56. The number of hydrogen-bond donors (Lipinski definition) is 3. The maximum atomic E-state index is 12.6. The van der Waals surface area contributed by atoms with Gasteiger partial charge < -0.3 is 20.3 Å². The molecule has 0 unspecified atom stereocenters. The highest BCUT2D eigenvalue weighted by molar-refractivity contribution is 5.78. The van der Waals surface area contributed by atoms with E-state index >= 15 is 0 Å². The van der Waals surface area contributed by atoms with Gasteiger partial charge in [-0.25, -0.2) is 0 Å². The molecule has 1 saturated carbocycles. The number of ether oxygens (including phenoxy) is 1. The molecule has 1 aliphatic heterocycles. The van der Waals surface area contributed by atoms with Gasteiger partial charge in [-0.2, -0.15) is 0 Å². The van der Waals surface area contributed by atoms with Crippen LogP contribution in [0.5, 0.6) is 11.5 Å². The molecule has 0 bridgehead atoms. The average Bonchev–Trinajstić information content (AvgIpc) is 2.72. The van der Waals surface area contributed by atoms with Crippen molar-refractivity contribution >= 4 is 5.91 Å². The Morgan fingerprint density at radius 1 is 1.31 bits per heavy atom. The summed E-state index contributed by atoms with van der Waals surface area (Å²) in [6.07, 6.45) is 7.86. The summed E-state index contributed by atoms with van der Waals surface area (Å²) in [5, 5.41) is 24.4. The minimum Gasteiger partial charge on any atom is -0.504 e. The van der Waals surface area contributed by atoms with E-state index < -0.39 is 5.60 Å². The normalized spacial score (nSPS) is 27.3. The molecule has 2 fully saturated rings. The van der Waals surface area contributed by atoms with Gasteiger partial charge in [-0.3, -0.25) is 9.69 Å². The number of aliphatic hydroxyl groups is 1. The van der Waals surface area contributed by atoms with Crippen LogP contribution in [0.3, 0.4) is 0 Å². The molecule has 3 rings (SSSR count). The number of hydrogen-bond acceptors (Lipinski definition) is 5. The molecule has 1 aliphatic carbocycles. The predicted octanol–water partition coefficient (Wildman–Crippen LogP) is 3.38. The van der Waals surface area contributed by atoms with E-state index in [0.29, 0.717) is 31.8 Å². The van der Waals surface area contributed by atoms with E-state index in [2.05, 4.69) is 17.1 Å². The number of nitrogens with zero attached hydrogens (tertiary/aromatic N) is 1. The molecule has 1 saturated heterocycles. The third-order valence-electron chi connectivity index (χ3n) is 6.67. The second-order valence-electron chi connectivity index (χ2n) is 8.61. The molecular weight excluding hydrogens is 368 g/mol. The SMILES string of the molecule is CCCCCNC(=O)CN1CC[C@]2(O)CCCC[C@H]2[C@@H]1c1ccc(O)c(OC)c1. The molecule has 0 radical (unpaired) electrons. The van der Waals surface area contributed by atoms with Crippen molar-refractivity contribution in [2.24, 2.45) is 5.92 Å². The molecule has 1 aromatic carbocycles.